The Hall–Kier alpha value is 0.314. The van der Waals surface area contributed by atoms with Gasteiger partial charge in [-0.15, -0.1) is 0 Å². The van der Waals surface area contributed by atoms with Crippen LogP contribution in [0.3, 0.4) is 0 Å². The van der Waals surface area contributed by atoms with Crippen LogP contribution in [0.2, 0.25) is 0 Å². The van der Waals surface area contributed by atoms with Gasteiger partial charge in [-0.05, 0) is 0 Å². The summed E-state index contributed by atoms with van der Waals surface area (Å²) in [5.41, 5.74) is 0. The van der Waals surface area contributed by atoms with Crippen molar-refractivity contribution >= 4 is 0 Å². The van der Waals surface area contributed by atoms with E-state index in [1.165, 1.54) is 0 Å². The molecule has 0 aliphatic heterocycles. The number of hydrogen-bond acceptors (Lipinski definition) is 2. The molecule has 0 atom stereocenters. The van der Waals surface area contributed by atoms with Crippen molar-refractivity contribution in [1.82, 2.24) is 0 Å². The van der Waals surface area contributed by atoms with Crippen molar-refractivity contribution in [1.29, 1.82) is 0 Å². The van der Waals surface area contributed by atoms with Crippen molar-refractivity contribution in [2.45, 2.75) is 13.8 Å². The molecule has 0 radical (unpaired) electrons. The van der Waals surface area contributed by atoms with Gasteiger partial charge in [0.2, 0.25) is 0 Å². The van der Waals surface area contributed by atoms with Gasteiger partial charge in [0.1, 0.15) is 0 Å². The zero-order valence-corrected chi connectivity index (χ0v) is 4.88. The maximum atomic E-state index is 8.50. The van der Waals surface area contributed by atoms with Crippen LogP contribution in [0.25, 0.3) is 0 Å². The molecular weight excluding hydrogens is 104 g/mol. The minimum absolute atomic E-state index is 2.00. The molecule has 0 fully saturated rings. The average molecular weight is 110 g/mol. The summed E-state index contributed by atoms with van der Waals surface area (Å²) in [5.74, 6) is 0. The molecule has 0 amide bonds. The molecule has 3 heteroatoms. The first kappa shape index (κ1) is 9.00. The van der Waals surface area contributed by atoms with Gasteiger partial charge in [-0.25, -0.2) is 0 Å². The molecule has 0 aromatic rings. The molecule has 2 nitrogen and oxygen atoms in total. The third kappa shape index (κ3) is 234. The van der Waals surface area contributed by atoms with E-state index in [-0.39, 0.29) is 0 Å². The van der Waals surface area contributed by atoms with Gasteiger partial charge in [0.05, 0.1) is 0 Å². The zero-order valence-electron chi connectivity index (χ0n) is 3.32. The fourth-order valence-corrected chi connectivity index (χ4v) is 0. The first-order chi connectivity index (χ1) is 2.41. The van der Waals surface area contributed by atoms with Gasteiger partial charge in [0.25, 0.3) is 0 Å². The van der Waals surface area contributed by atoms with Gasteiger partial charge < -0.3 is 0 Å². The van der Waals surface area contributed by atoms with Crippen LogP contribution >= 0.6 is 0 Å². The summed E-state index contributed by atoms with van der Waals surface area (Å²) in [5, 5.41) is 0. The second kappa shape index (κ2) is 27.4. The first-order valence-corrected chi connectivity index (χ1v) is 2.68. The monoisotopic (exact) mass is 110 g/mol. The predicted molar refractivity (Wildman–Crippen MR) is 12.7 cm³/mol. The average Bonchev–Trinajstić information content (AvgIpc) is 1.46. The molecule has 0 rings (SSSR count). The third-order valence-corrected chi connectivity index (χ3v) is 0. The Kier molecular flexibility index (Phi) is 49.4. The van der Waals surface area contributed by atoms with Gasteiger partial charge in [-0.1, -0.05) is 13.8 Å². The van der Waals surface area contributed by atoms with Crippen LogP contribution in [-0.4, -0.2) is 0 Å². The summed E-state index contributed by atoms with van der Waals surface area (Å²) in [6, 6.07) is 0. The number of hydrogen-bond donors (Lipinski definition) is 0. The zero-order chi connectivity index (χ0) is 4.71. The molecule has 0 saturated carbocycles. The SMILES string of the molecule is CC.[O]=[Ti]=[O]. The Balaban J connectivity index is 0. The predicted octanol–water partition coefficient (Wildman–Crippen LogP) is 0.786. The van der Waals surface area contributed by atoms with Gasteiger partial charge in [0, 0.05) is 0 Å². The molecule has 0 saturated heterocycles. The molecule has 30 valence electrons. The van der Waals surface area contributed by atoms with Crippen molar-refractivity contribution in [3.8, 4) is 0 Å². The molecule has 0 aliphatic rings. The summed E-state index contributed by atoms with van der Waals surface area (Å²) < 4.78 is 17.0. The van der Waals surface area contributed by atoms with E-state index in [0.29, 0.717) is 0 Å². The molecule has 0 spiro atoms. The van der Waals surface area contributed by atoms with E-state index in [0.717, 1.165) is 0 Å². The van der Waals surface area contributed by atoms with Crippen molar-refractivity contribution in [2.24, 2.45) is 0 Å². The Morgan fingerprint density at radius 3 is 1.20 bits per heavy atom. The van der Waals surface area contributed by atoms with Crippen molar-refractivity contribution in [3.05, 3.63) is 0 Å². The second-order valence-electron chi connectivity index (χ2n) is 0.0833. The minimum atomic E-state index is -2.00. The van der Waals surface area contributed by atoms with Gasteiger partial charge >= 0.3 is 25.7 Å². The summed E-state index contributed by atoms with van der Waals surface area (Å²) in [6.45, 7) is 4.00. The molecular formula is C2H6O2Ti. The standard InChI is InChI=1S/C2H6.2O.Ti/c1-2;;;/h1-2H3;;;. The van der Waals surface area contributed by atoms with E-state index >= 15 is 0 Å². The summed E-state index contributed by atoms with van der Waals surface area (Å²) in [7, 11) is 0. The molecule has 0 bridgehead atoms. The Morgan fingerprint density at radius 1 is 1.20 bits per heavy atom. The third-order valence-electron chi connectivity index (χ3n) is 0. The molecule has 0 unspecified atom stereocenters. The quantitative estimate of drug-likeness (QED) is 0.432. The molecule has 0 aliphatic carbocycles. The van der Waals surface area contributed by atoms with Crippen LogP contribution in [-0.2, 0) is 25.7 Å². The topological polar surface area (TPSA) is 34.1 Å². The fraction of sp³-hybridized carbons (Fsp3) is 1.00. The van der Waals surface area contributed by atoms with Gasteiger partial charge in [-0.3, -0.25) is 0 Å². The molecule has 5 heavy (non-hydrogen) atoms. The molecule has 0 heterocycles. The Bertz CT molecular complexity index is 28.6. The molecule has 0 aromatic heterocycles. The molecule has 0 aromatic carbocycles. The maximum absolute atomic E-state index is 8.50. The fourth-order valence-electron chi connectivity index (χ4n) is 0. The molecule has 0 N–H and O–H groups in total. The first-order valence-electron chi connectivity index (χ1n) is 1.41. The van der Waals surface area contributed by atoms with Gasteiger partial charge in [0.15, 0.2) is 0 Å². The van der Waals surface area contributed by atoms with Gasteiger partial charge in [-0.2, -0.15) is 0 Å². The van der Waals surface area contributed by atoms with Crippen molar-refractivity contribution < 1.29 is 25.7 Å². The van der Waals surface area contributed by atoms with E-state index in [9.17, 15) is 0 Å². The van der Waals surface area contributed by atoms with Crippen LogP contribution in [0, 0.1) is 0 Å². The summed E-state index contributed by atoms with van der Waals surface area (Å²) in [6.07, 6.45) is 0. The Morgan fingerprint density at radius 2 is 1.20 bits per heavy atom. The van der Waals surface area contributed by atoms with E-state index in [1.807, 2.05) is 13.8 Å². The van der Waals surface area contributed by atoms with Crippen LogP contribution < -0.4 is 0 Å². The van der Waals surface area contributed by atoms with Crippen molar-refractivity contribution in [2.75, 3.05) is 0 Å². The van der Waals surface area contributed by atoms with E-state index < -0.39 is 19.1 Å². The Labute approximate surface area is 40.1 Å². The van der Waals surface area contributed by atoms with Crippen LogP contribution in [0.5, 0.6) is 0 Å². The van der Waals surface area contributed by atoms with E-state index in [2.05, 4.69) is 0 Å². The summed E-state index contributed by atoms with van der Waals surface area (Å²) >= 11 is -2.00. The second-order valence-corrected chi connectivity index (χ2v) is 0.344. The number of rotatable bonds is 0. The van der Waals surface area contributed by atoms with Crippen LogP contribution in [0.1, 0.15) is 13.8 Å². The summed E-state index contributed by atoms with van der Waals surface area (Å²) in [4.78, 5) is 0. The van der Waals surface area contributed by atoms with E-state index in [1.54, 1.807) is 0 Å². The van der Waals surface area contributed by atoms with Crippen molar-refractivity contribution in [3.63, 3.8) is 0 Å². The van der Waals surface area contributed by atoms with E-state index in [4.69, 9.17) is 6.65 Å². The normalized spacial score (nSPS) is 2.80. The van der Waals surface area contributed by atoms with Crippen LogP contribution in [0.15, 0.2) is 0 Å². The van der Waals surface area contributed by atoms with Crippen LogP contribution in [0.4, 0.5) is 0 Å².